The second kappa shape index (κ2) is 7.17. The van der Waals surface area contributed by atoms with Crippen molar-refractivity contribution in [3.8, 4) is 0 Å². The van der Waals surface area contributed by atoms with Gasteiger partial charge in [0.1, 0.15) is 0 Å². The molecule has 0 saturated heterocycles. The zero-order valence-corrected chi connectivity index (χ0v) is 14.3. The summed E-state index contributed by atoms with van der Waals surface area (Å²) in [5.41, 5.74) is 4.52. The molecule has 3 rings (SSSR count). The summed E-state index contributed by atoms with van der Waals surface area (Å²) in [7, 11) is 0. The number of carbonyl (C=O) groups excluding carboxylic acids is 2. The third-order valence-corrected chi connectivity index (χ3v) is 4.11. The monoisotopic (exact) mass is 336 g/mol. The number of carbonyl (C=O) groups is 2. The van der Waals surface area contributed by atoms with Gasteiger partial charge in [0, 0.05) is 13.1 Å². The zero-order valence-electron chi connectivity index (χ0n) is 14.3. The molecule has 0 unspecified atom stereocenters. The van der Waals surface area contributed by atoms with E-state index in [1.165, 1.54) is 4.90 Å². The summed E-state index contributed by atoms with van der Waals surface area (Å²) in [4.78, 5) is 29.2. The number of nitrogens with one attached hydrogen (secondary N) is 1. The van der Waals surface area contributed by atoms with Crippen molar-refractivity contribution in [1.82, 2.24) is 4.90 Å². The van der Waals surface area contributed by atoms with Gasteiger partial charge in [-0.25, -0.2) is 0 Å². The number of likely N-dealkylation sites (N-methyl/N-ethyl adjacent to an activating group) is 1. The predicted molar refractivity (Wildman–Crippen MR) is 98.7 cm³/mol. The van der Waals surface area contributed by atoms with Crippen molar-refractivity contribution < 1.29 is 9.59 Å². The molecule has 0 aromatic heterocycles. The van der Waals surface area contributed by atoms with E-state index in [1.54, 1.807) is 35.2 Å². The van der Waals surface area contributed by atoms with Crippen LogP contribution in [-0.2, 0) is 4.79 Å². The van der Waals surface area contributed by atoms with Crippen LogP contribution in [0.15, 0.2) is 59.7 Å². The van der Waals surface area contributed by atoms with Crippen LogP contribution in [0.3, 0.4) is 0 Å². The molecular formula is C19H20N4O2. The summed E-state index contributed by atoms with van der Waals surface area (Å²) in [6, 6.07) is 16.2. The van der Waals surface area contributed by atoms with Crippen LogP contribution in [0.4, 0.5) is 11.4 Å². The van der Waals surface area contributed by atoms with Crippen LogP contribution in [0.25, 0.3) is 0 Å². The normalized spacial score (nSPS) is 13.4. The molecule has 0 bridgehead atoms. The van der Waals surface area contributed by atoms with Gasteiger partial charge >= 0.3 is 0 Å². The van der Waals surface area contributed by atoms with E-state index in [-0.39, 0.29) is 17.6 Å². The lowest BCUT2D eigenvalue weighted by atomic mass is 10.1. The fourth-order valence-corrected chi connectivity index (χ4v) is 2.76. The molecule has 2 amide bonds. The third-order valence-electron chi connectivity index (χ3n) is 4.11. The van der Waals surface area contributed by atoms with Gasteiger partial charge in [0.05, 0.1) is 16.9 Å². The number of rotatable bonds is 4. The summed E-state index contributed by atoms with van der Waals surface area (Å²) < 4.78 is 0. The lowest BCUT2D eigenvalue weighted by Crippen LogP contribution is -2.47. The second-order valence-corrected chi connectivity index (χ2v) is 5.55. The average Bonchev–Trinajstić information content (AvgIpc) is 2.80. The summed E-state index contributed by atoms with van der Waals surface area (Å²) >= 11 is 0. The number of hydrazone groups is 1. The molecule has 25 heavy (non-hydrogen) atoms. The number of fused-ring (bicyclic) bond motifs is 1. The molecule has 6 heteroatoms. The van der Waals surface area contributed by atoms with Crippen molar-refractivity contribution in [1.29, 1.82) is 0 Å². The maximum Gasteiger partial charge on any atom is 0.292 e. The highest BCUT2D eigenvalue weighted by Gasteiger charge is 2.33. The van der Waals surface area contributed by atoms with Crippen LogP contribution in [0, 0.1) is 0 Å². The van der Waals surface area contributed by atoms with Gasteiger partial charge in [-0.3, -0.25) is 19.9 Å². The first-order valence-corrected chi connectivity index (χ1v) is 8.28. The summed E-state index contributed by atoms with van der Waals surface area (Å²) in [5, 5.41) is 4.27. The largest absolute Gasteiger partial charge is 0.336 e. The summed E-state index contributed by atoms with van der Waals surface area (Å²) in [6.45, 7) is 4.88. The van der Waals surface area contributed by atoms with E-state index >= 15 is 0 Å². The Morgan fingerprint density at radius 1 is 1.04 bits per heavy atom. The van der Waals surface area contributed by atoms with Gasteiger partial charge in [0.15, 0.2) is 0 Å². The Balaban J connectivity index is 2.13. The molecule has 1 heterocycles. The topological polar surface area (TPSA) is 65.0 Å². The Labute approximate surface area is 146 Å². The Morgan fingerprint density at radius 3 is 2.36 bits per heavy atom. The number of hydrogen-bond donors (Lipinski definition) is 1. The predicted octanol–water partition coefficient (Wildman–Crippen LogP) is 2.94. The summed E-state index contributed by atoms with van der Waals surface area (Å²) in [6.07, 6.45) is 0. The molecule has 0 fully saturated rings. The molecule has 1 N–H and O–H groups in total. The van der Waals surface area contributed by atoms with Gasteiger partial charge in [-0.05, 0) is 38.1 Å². The molecule has 0 radical (unpaired) electrons. The minimum atomic E-state index is -0.289. The van der Waals surface area contributed by atoms with Gasteiger partial charge in [0.25, 0.3) is 11.8 Å². The van der Waals surface area contributed by atoms with E-state index in [0.717, 1.165) is 0 Å². The molecule has 0 spiro atoms. The second-order valence-electron chi connectivity index (χ2n) is 5.55. The minimum absolute atomic E-state index is 0.0658. The van der Waals surface area contributed by atoms with E-state index in [0.29, 0.717) is 30.0 Å². The molecule has 2 aromatic carbocycles. The molecular weight excluding hydrogens is 316 g/mol. The number of anilines is 2. The van der Waals surface area contributed by atoms with Gasteiger partial charge in [-0.1, -0.05) is 30.3 Å². The molecule has 128 valence electrons. The molecule has 0 saturated carbocycles. The Morgan fingerprint density at radius 2 is 1.68 bits per heavy atom. The fraction of sp³-hybridized carbons (Fsp3) is 0.211. The maximum absolute atomic E-state index is 13.2. The third kappa shape index (κ3) is 3.10. The molecule has 2 aromatic rings. The zero-order chi connectivity index (χ0) is 17.8. The lowest BCUT2D eigenvalue weighted by molar-refractivity contribution is -0.123. The van der Waals surface area contributed by atoms with E-state index in [9.17, 15) is 9.59 Å². The minimum Gasteiger partial charge on any atom is -0.336 e. The molecule has 0 aliphatic carbocycles. The average molecular weight is 336 g/mol. The number of para-hydroxylation sites is 2. The SMILES string of the molecule is CCN(CC)C(=O)C1=NNc2ccccc2C(=O)N1c1ccccc1. The summed E-state index contributed by atoms with van der Waals surface area (Å²) in [5.74, 6) is -0.510. The molecule has 1 aliphatic heterocycles. The Bertz CT molecular complexity index is 813. The number of hydrogen-bond acceptors (Lipinski definition) is 4. The lowest BCUT2D eigenvalue weighted by Gasteiger charge is -2.26. The standard InChI is InChI=1S/C19H20N4O2/c1-3-22(4-2)19(25)17-21-20-16-13-9-8-12-15(16)18(24)23(17)14-10-6-5-7-11-14/h5-13,20H,3-4H2,1-2H3. The van der Waals surface area contributed by atoms with E-state index < -0.39 is 0 Å². The van der Waals surface area contributed by atoms with Crippen molar-refractivity contribution in [3.05, 3.63) is 60.2 Å². The van der Waals surface area contributed by atoms with Crippen LogP contribution in [0.1, 0.15) is 24.2 Å². The van der Waals surface area contributed by atoms with Crippen molar-refractivity contribution in [2.75, 3.05) is 23.4 Å². The molecule has 1 aliphatic rings. The first-order chi connectivity index (χ1) is 12.2. The fourth-order valence-electron chi connectivity index (χ4n) is 2.76. The number of benzene rings is 2. The number of amidine groups is 1. The van der Waals surface area contributed by atoms with Crippen molar-refractivity contribution in [3.63, 3.8) is 0 Å². The smallest absolute Gasteiger partial charge is 0.292 e. The first-order valence-electron chi connectivity index (χ1n) is 8.28. The van der Waals surface area contributed by atoms with Gasteiger partial charge in [0.2, 0.25) is 5.84 Å². The Hall–Kier alpha value is -3.15. The van der Waals surface area contributed by atoms with Crippen LogP contribution in [-0.4, -0.2) is 35.6 Å². The van der Waals surface area contributed by atoms with E-state index in [2.05, 4.69) is 10.5 Å². The number of amides is 2. The Kier molecular flexibility index (Phi) is 4.79. The van der Waals surface area contributed by atoms with Crippen molar-refractivity contribution in [2.45, 2.75) is 13.8 Å². The van der Waals surface area contributed by atoms with Gasteiger partial charge in [-0.2, -0.15) is 5.10 Å². The van der Waals surface area contributed by atoms with Crippen LogP contribution in [0.5, 0.6) is 0 Å². The van der Waals surface area contributed by atoms with Gasteiger partial charge < -0.3 is 4.90 Å². The van der Waals surface area contributed by atoms with E-state index in [1.807, 2.05) is 38.1 Å². The van der Waals surface area contributed by atoms with Crippen molar-refractivity contribution >= 4 is 29.0 Å². The van der Waals surface area contributed by atoms with Crippen LogP contribution >= 0.6 is 0 Å². The highest BCUT2D eigenvalue weighted by molar-refractivity contribution is 6.49. The quantitative estimate of drug-likeness (QED) is 0.933. The van der Waals surface area contributed by atoms with Crippen LogP contribution < -0.4 is 10.3 Å². The van der Waals surface area contributed by atoms with E-state index in [4.69, 9.17) is 0 Å². The van der Waals surface area contributed by atoms with Gasteiger partial charge in [-0.15, -0.1) is 0 Å². The molecule has 0 atom stereocenters. The first kappa shape index (κ1) is 16.7. The number of nitrogens with zero attached hydrogens (tertiary/aromatic N) is 3. The maximum atomic E-state index is 13.2. The highest BCUT2D eigenvalue weighted by Crippen LogP contribution is 2.25. The van der Waals surface area contributed by atoms with Crippen molar-refractivity contribution in [2.24, 2.45) is 5.10 Å². The molecule has 6 nitrogen and oxygen atoms in total. The van der Waals surface area contributed by atoms with Crippen LogP contribution in [0.2, 0.25) is 0 Å². The highest BCUT2D eigenvalue weighted by atomic mass is 16.2.